The molecule has 1 heterocycles. The molecule has 2 amide bonds. The van der Waals surface area contributed by atoms with Gasteiger partial charge in [-0.3, -0.25) is 9.59 Å². The quantitative estimate of drug-likeness (QED) is 0.329. The van der Waals surface area contributed by atoms with Crippen molar-refractivity contribution in [3.8, 4) is 11.8 Å². The lowest BCUT2D eigenvalue weighted by Gasteiger charge is -2.09. The molecule has 1 aliphatic rings. The zero-order valence-electron chi connectivity index (χ0n) is 17.8. The maximum Gasteiger partial charge on any atom is 0.329 e. The summed E-state index contributed by atoms with van der Waals surface area (Å²) in [6, 6.07) is 19.2. The summed E-state index contributed by atoms with van der Waals surface area (Å²) in [4.78, 5) is 25.6. The number of carbonyl (C=O) groups is 2. The standard InChI is InChI=1S/C25H22N4O3S/c26-14-21-20-11-4-5-12-22(20)33-25(21)28-23(30)24(31)29-27-15-18-9-6-10-19(13-18)32-16-17-7-2-1-3-8-17/h1-3,6-10,13,15H,4-5,11-12,16H2,(H,28,30)(H,29,31). The summed E-state index contributed by atoms with van der Waals surface area (Å²) in [5, 5.41) is 16.3. The van der Waals surface area contributed by atoms with Gasteiger partial charge in [-0.15, -0.1) is 11.3 Å². The molecule has 166 valence electrons. The van der Waals surface area contributed by atoms with E-state index in [-0.39, 0.29) is 0 Å². The number of rotatable bonds is 6. The van der Waals surface area contributed by atoms with Crippen LogP contribution in [-0.2, 0) is 29.0 Å². The highest BCUT2D eigenvalue weighted by atomic mass is 32.1. The van der Waals surface area contributed by atoms with Crippen LogP contribution in [0.15, 0.2) is 59.7 Å². The second-order valence-electron chi connectivity index (χ2n) is 7.53. The number of aryl methyl sites for hydroxylation is 1. The number of thiophene rings is 1. The van der Waals surface area contributed by atoms with E-state index in [1.807, 2.05) is 42.5 Å². The van der Waals surface area contributed by atoms with Gasteiger partial charge in [-0.25, -0.2) is 5.43 Å². The zero-order valence-corrected chi connectivity index (χ0v) is 18.7. The molecule has 2 N–H and O–H groups in total. The third-order valence-corrected chi connectivity index (χ3v) is 6.41. The van der Waals surface area contributed by atoms with E-state index in [0.29, 0.717) is 28.5 Å². The predicted octanol–water partition coefficient (Wildman–Crippen LogP) is 4.17. The Hall–Kier alpha value is -3.96. The number of hydrogen-bond donors (Lipinski definition) is 2. The van der Waals surface area contributed by atoms with E-state index in [2.05, 4.69) is 21.9 Å². The fourth-order valence-electron chi connectivity index (χ4n) is 3.57. The zero-order chi connectivity index (χ0) is 23.0. The molecule has 7 nitrogen and oxygen atoms in total. The Labute approximate surface area is 195 Å². The van der Waals surface area contributed by atoms with Gasteiger partial charge >= 0.3 is 11.8 Å². The Morgan fingerprint density at radius 3 is 2.73 bits per heavy atom. The van der Waals surface area contributed by atoms with Crippen LogP contribution in [0.1, 0.15) is 40.0 Å². The lowest BCUT2D eigenvalue weighted by Crippen LogP contribution is -2.32. The normalized spacial score (nSPS) is 12.6. The maximum atomic E-state index is 12.3. The smallest absolute Gasteiger partial charge is 0.329 e. The van der Waals surface area contributed by atoms with E-state index < -0.39 is 11.8 Å². The predicted molar refractivity (Wildman–Crippen MR) is 127 cm³/mol. The van der Waals surface area contributed by atoms with Gasteiger partial charge in [-0.05, 0) is 54.5 Å². The Morgan fingerprint density at radius 1 is 1.09 bits per heavy atom. The molecule has 8 heteroatoms. The fraction of sp³-hybridized carbons (Fsp3) is 0.200. The monoisotopic (exact) mass is 458 g/mol. The van der Waals surface area contributed by atoms with Gasteiger partial charge in [0.1, 0.15) is 23.4 Å². The van der Waals surface area contributed by atoms with Crippen LogP contribution in [-0.4, -0.2) is 18.0 Å². The van der Waals surface area contributed by atoms with Gasteiger partial charge in [0.15, 0.2) is 0 Å². The van der Waals surface area contributed by atoms with Crippen LogP contribution in [0, 0.1) is 11.3 Å². The molecule has 3 aromatic rings. The molecule has 0 spiro atoms. The number of hydrazone groups is 1. The highest BCUT2D eigenvalue weighted by Crippen LogP contribution is 2.37. The lowest BCUT2D eigenvalue weighted by molar-refractivity contribution is -0.136. The molecule has 0 saturated heterocycles. The lowest BCUT2D eigenvalue weighted by atomic mass is 9.96. The van der Waals surface area contributed by atoms with Gasteiger partial charge < -0.3 is 10.1 Å². The summed E-state index contributed by atoms with van der Waals surface area (Å²) >= 11 is 1.37. The average molecular weight is 459 g/mol. The average Bonchev–Trinajstić information content (AvgIpc) is 3.20. The van der Waals surface area contributed by atoms with Gasteiger partial charge in [-0.2, -0.15) is 10.4 Å². The summed E-state index contributed by atoms with van der Waals surface area (Å²) in [6.07, 6.45) is 5.26. The number of nitriles is 1. The number of benzene rings is 2. The van der Waals surface area contributed by atoms with Gasteiger partial charge in [0, 0.05) is 4.88 Å². The van der Waals surface area contributed by atoms with Gasteiger partial charge in [0.05, 0.1) is 11.8 Å². The molecule has 33 heavy (non-hydrogen) atoms. The van der Waals surface area contributed by atoms with Crippen LogP contribution in [0.5, 0.6) is 5.75 Å². The molecule has 0 atom stereocenters. The highest BCUT2D eigenvalue weighted by Gasteiger charge is 2.23. The Balaban J connectivity index is 1.32. The third kappa shape index (κ3) is 5.64. The van der Waals surface area contributed by atoms with Crippen molar-refractivity contribution in [3.63, 3.8) is 0 Å². The molecule has 1 aromatic heterocycles. The summed E-state index contributed by atoms with van der Waals surface area (Å²) in [6.45, 7) is 0.440. The first-order valence-electron chi connectivity index (χ1n) is 10.6. The molecule has 1 aliphatic carbocycles. The minimum atomic E-state index is -0.905. The van der Waals surface area contributed by atoms with E-state index in [4.69, 9.17) is 4.74 Å². The minimum Gasteiger partial charge on any atom is -0.489 e. The summed E-state index contributed by atoms with van der Waals surface area (Å²) in [7, 11) is 0. The van der Waals surface area contributed by atoms with Crippen molar-refractivity contribution < 1.29 is 14.3 Å². The van der Waals surface area contributed by atoms with Crippen molar-refractivity contribution in [1.29, 1.82) is 5.26 Å². The van der Waals surface area contributed by atoms with Crippen LogP contribution >= 0.6 is 11.3 Å². The van der Waals surface area contributed by atoms with Crippen molar-refractivity contribution in [2.24, 2.45) is 5.10 Å². The van der Waals surface area contributed by atoms with E-state index in [9.17, 15) is 14.9 Å². The molecular formula is C25H22N4O3S. The van der Waals surface area contributed by atoms with Crippen molar-refractivity contribution >= 4 is 34.4 Å². The molecule has 2 aromatic carbocycles. The fourth-order valence-corrected chi connectivity index (χ4v) is 4.81. The number of amides is 2. The van der Waals surface area contributed by atoms with Crippen molar-refractivity contribution in [2.45, 2.75) is 32.3 Å². The molecule has 0 fully saturated rings. The molecule has 0 bridgehead atoms. The number of fused-ring (bicyclic) bond motifs is 1. The third-order valence-electron chi connectivity index (χ3n) is 5.20. The number of nitrogens with zero attached hydrogens (tertiary/aromatic N) is 2. The topological polar surface area (TPSA) is 104 Å². The SMILES string of the molecule is N#Cc1c(NC(=O)C(=O)NN=Cc2cccc(OCc3ccccc3)c2)sc2c1CCCC2. The highest BCUT2D eigenvalue weighted by molar-refractivity contribution is 7.16. The second kappa shape index (κ2) is 10.6. The van der Waals surface area contributed by atoms with Crippen LogP contribution in [0.4, 0.5) is 5.00 Å². The number of carbonyl (C=O) groups excluding carboxylic acids is 2. The van der Waals surface area contributed by atoms with Gasteiger partial charge in [0.25, 0.3) is 0 Å². The molecule has 4 rings (SSSR count). The number of ether oxygens (including phenoxy) is 1. The van der Waals surface area contributed by atoms with Crippen molar-refractivity contribution in [1.82, 2.24) is 5.43 Å². The number of hydrogen-bond acceptors (Lipinski definition) is 6. The second-order valence-corrected chi connectivity index (χ2v) is 8.63. The number of nitrogens with one attached hydrogen (secondary N) is 2. The van der Waals surface area contributed by atoms with Crippen LogP contribution in [0.3, 0.4) is 0 Å². The van der Waals surface area contributed by atoms with Gasteiger partial charge in [0.2, 0.25) is 0 Å². The summed E-state index contributed by atoms with van der Waals surface area (Å²) in [5.41, 5.74) is 5.45. The van der Waals surface area contributed by atoms with Crippen LogP contribution in [0.2, 0.25) is 0 Å². The van der Waals surface area contributed by atoms with E-state index >= 15 is 0 Å². The van der Waals surface area contributed by atoms with Crippen LogP contribution < -0.4 is 15.5 Å². The first-order chi connectivity index (χ1) is 16.1. The van der Waals surface area contributed by atoms with Gasteiger partial charge in [-0.1, -0.05) is 42.5 Å². The first-order valence-corrected chi connectivity index (χ1v) is 11.4. The Kier molecular flexibility index (Phi) is 7.12. The molecule has 0 aliphatic heterocycles. The summed E-state index contributed by atoms with van der Waals surface area (Å²) in [5.74, 6) is -1.10. The van der Waals surface area contributed by atoms with E-state index in [1.165, 1.54) is 17.6 Å². The maximum absolute atomic E-state index is 12.3. The molecular weight excluding hydrogens is 436 g/mol. The summed E-state index contributed by atoms with van der Waals surface area (Å²) < 4.78 is 5.78. The minimum absolute atomic E-state index is 0.428. The van der Waals surface area contributed by atoms with Crippen molar-refractivity contribution in [3.05, 3.63) is 81.7 Å². The molecule has 0 saturated carbocycles. The van der Waals surface area contributed by atoms with Crippen LogP contribution in [0.25, 0.3) is 0 Å². The first kappa shape index (κ1) is 22.2. The van der Waals surface area contributed by atoms with E-state index in [0.717, 1.165) is 41.7 Å². The Morgan fingerprint density at radius 2 is 1.91 bits per heavy atom. The van der Waals surface area contributed by atoms with Crippen molar-refractivity contribution in [2.75, 3.05) is 5.32 Å². The molecule has 0 unspecified atom stereocenters. The van der Waals surface area contributed by atoms with E-state index in [1.54, 1.807) is 12.1 Å². The molecule has 0 radical (unpaired) electrons. The Bertz CT molecular complexity index is 1230. The number of anilines is 1. The largest absolute Gasteiger partial charge is 0.489 e.